The second-order valence-electron chi connectivity index (χ2n) is 3.49. The molecular formula is C13H8O3S. The fourth-order valence-electron chi connectivity index (χ4n) is 1.56. The Morgan fingerprint density at radius 3 is 2.88 bits per heavy atom. The number of carbonyl (C=O) groups excluding carboxylic acids is 1. The van der Waals surface area contributed by atoms with E-state index in [-0.39, 0.29) is 5.97 Å². The summed E-state index contributed by atoms with van der Waals surface area (Å²) in [5, 5.41) is 1.94. The highest BCUT2D eigenvalue weighted by molar-refractivity contribution is 7.11. The Hall–Kier alpha value is -2.07. The molecule has 0 atom stereocenters. The lowest BCUT2D eigenvalue weighted by molar-refractivity contribution is -0.130. The molecule has 0 radical (unpaired) electrons. The molecule has 0 spiro atoms. The molecule has 0 bridgehead atoms. The van der Waals surface area contributed by atoms with E-state index < -0.39 is 0 Å². The normalized spacial score (nSPS) is 17.3. The highest BCUT2D eigenvalue weighted by atomic mass is 32.1. The summed E-state index contributed by atoms with van der Waals surface area (Å²) < 4.78 is 10.3. The van der Waals surface area contributed by atoms with Crippen molar-refractivity contribution < 1.29 is 13.9 Å². The molecule has 0 aliphatic carbocycles. The van der Waals surface area contributed by atoms with Crippen LogP contribution in [0.1, 0.15) is 10.6 Å². The van der Waals surface area contributed by atoms with Gasteiger partial charge in [-0.1, -0.05) is 6.07 Å². The predicted molar refractivity (Wildman–Crippen MR) is 65.1 cm³/mol. The van der Waals surface area contributed by atoms with Gasteiger partial charge in [0.1, 0.15) is 11.5 Å². The van der Waals surface area contributed by atoms with E-state index in [4.69, 9.17) is 9.15 Å². The van der Waals surface area contributed by atoms with Crippen molar-refractivity contribution in [1.29, 1.82) is 0 Å². The van der Waals surface area contributed by atoms with E-state index in [9.17, 15) is 4.79 Å². The van der Waals surface area contributed by atoms with Crippen LogP contribution >= 0.6 is 11.3 Å². The van der Waals surface area contributed by atoms with Crippen molar-refractivity contribution in [2.75, 3.05) is 0 Å². The Balaban J connectivity index is 1.95. The maximum Gasteiger partial charge on any atom is 0.343 e. The van der Waals surface area contributed by atoms with Crippen LogP contribution in [0.15, 0.2) is 52.0 Å². The number of cyclic esters (lactones) is 1. The SMILES string of the molecule is O=C1OC(c2cccs2)=C/C1=C\c1ccco1. The second kappa shape index (κ2) is 4.07. The standard InChI is InChI=1S/C13H8O3S/c14-13-9(7-10-3-1-5-15-10)8-11(16-13)12-4-2-6-17-12/h1-8H/b9-7+. The van der Waals surface area contributed by atoms with Gasteiger partial charge in [0, 0.05) is 0 Å². The third-order valence-corrected chi connectivity index (χ3v) is 3.21. The lowest BCUT2D eigenvalue weighted by atomic mass is 10.2. The van der Waals surface area contributed by atoms with Crippen molar-refractivity contribution in [3.63, 3.8) is 0 Å². The summed E-state index contributed by atoms with van der Waals surface area (Å²) in [6, 6.07) is 7.40. The Kier molecular flexibility index (Phi) is 2.42. The first-order chi connectivity index (χ1) is 8.33. The van der Waals surface area contributed by atoms with Crippen LogP contribution in [0, 0.1) is 0 Å². The highest BCUT2D eigenvalue weighted by Gasteiger charge is 2.22. The van der Waals surface area contributed by atoms with Crippen molar-refractivity contribution in [3.05, 3.63) is 58.2 Å². The van der Waals surface area contributed by atoms with Gasteiger partial charge in [0.25, 0.3) is 0 Å². The maximum atomic E-state index is 11.6. The van der Waals surface area contributed by atoms with Gasteiger partial charge in [0.15, 0.2) is 0 Å². The molecular weight excluding hydrogens is 236 g/mol. The van der Waals surface area contributed by atoms with Crippen LogP contribution in [0.2, 0.25) is 0 Å². The molecule has 2 aromatic rings. The largest absolute Gasteiger partial charge is 0.465 e. The molecule has 0 saturated heterocycles. The molecule has 17 heavy (non-hydrogen) atoms. The average molecular weight is 244 g/mol. The van der Waals surface area contributed by atoms with Gasteiger partial charge in [-0.2, -0.15) is 0 Å². The van der Waals surface area contributed by atoms with Gasteiger partial charge in [0.2, 0.25) is 0 Å². The summed E-state index contributed by atoms with van der Waals surface area (Å²) in [5.74, 6) is 0.897. The Bertz CT molecular complexity index is 589. The zero-order valence-corrected chi connectivity index (χ0v) is 9.57. The molecule has 4 heteroatoms. The van der Waals surface area contributed by atoms with Crippen LogP contribution < -0.4 is 0 Å². The van der Waals surface area contributed by atoms with Crippen LogP contribution in [0.25, 0.3) is 11.8 Å². The van der Waals surface area contributed by atoms with E-state index >= 15 is 0 Å². The minimum atomic E-state index is -0.343. The molecule has 0 fully saturated rings. The Labute approximate surface area is 102 Å². The lowest BCUT2D eigenvalue weighted by Gasteiger charge is -1.95. The van der Waals surface area contributed by atoms with E-state index in [0.29, 0.717) is 17.1 Å². The number of esters is 1. The molecule has 3 nitrogen and oxygen atoms in total. The number of furan rings is 1. The van der Waals surface area contributed by atoms with Crippen molar-refractivity contribution in [3.8, 4) is 0 Å². The fourth-order valence-corrected chi connectivity index (χ4v) is 2.23. The van der Waals surface area contributed by atoms with E-state index in [1.165, 1.54) is 11.3 Å². The fraction of sp³-hybridized carbons (Fsp3) is 0. The van der Waals surface area contributed by atoms with Crippen molar-refractivity contribution in [2.24, 2.45) is 0 Å². The van der Waals surface area contributed by atoms with Crippen molar-refractivity contribution in [1.82, 2.24) is 0 Å². The molecule has 0 unspecified atom stereocenters. The van der Waals surface area contributed by atoms with Gasteiger partial charge in [0.05, 0.1) is 16.7 Å². The quantitative estimate of drug-likeness (QED) is 0.601. The third kappa shape index (κ3) is 1.94. The zero-order valence-electron chi connectivity index (χ0n) is 8.75. The van der Waals surface area contributed by atoms with Gasteiger partial charge >= 0.3 is 5.97 Å². The lowest BCUT2D eigenvalue weighted by Crippen LogP contribution is -1.96. The number of hydrogen-bond acceptors (Lipinski definition) is 4. The molecule has 0 amide bonds. The predicted octanol–water partition coefficient (Wildman–Crippen LogP) is 3.32. The van der Waals surface area contributed by atoms with Crippen LogP contribution in [0.3, 0.4) is 0 Å². The molecule has 3 rings (SSSR count). The number of thiophene rings is 1. The molecule has 0 N–H and O–H groups in total. The van der Waals surface area contributed by atoms with Gasteiger partial charge in [-0.05, 0) is 35.7 Å². The second-order valence-corrected chi connectivity index (χ2v) is 4.44. The zero-order chi connectivity index (χ0) is 11.7. The topological polar surface area (TPSA) is 39.4 Å². The number of hydrogen-bond donors (Lipinski definition) is 0. The first-order valence-electron chi connectivity index (χ1n) is 5.06. The minimum absolute atomic E-state index is 0.343. The first kappa shape index (κ1) is 10.1. The van der Waals surface area contributed by atoms with Gasteiger partial charge in [-0.25, -0.2) is 4.79 Å². The van der Waals surface area contributed by atoms with E-state index in [0.717, 1.165) is 4.88 Å². The highest BCUT2D eigenvalue weighted by Crippen LogP contribution is 2.29. The van der Waals surface area contributed by atoms with Gasteiger partial charge in [-0.3, -0.25) is 0 Å². The summed E-state index contributed by atoms with van der Waals surface area (Å²) in [5.41, 5.74) is 0.503. The van der Waals surface area contributed by atoms with Crippen LogP contribution in [-0.2, 0) is 9.53 Å². The molecule has 3 heterocycles. The van der Waals surface area contributed by atoms with Crippen LogP contribution in [0.5, 0.6) is 0 Å². The Morgan fingerprint density at radius 2 is 2.18 bits per heavy atom. The molecule has 2 aromatic heterocycles. The number of carbonyl (C=O) groups is 1. The molecule has 1 aliphatic rings. The van der Waals surface area contributed by atoms with Crippen molar-refractivity contribution in [2.45, 2.75) is 0 Å². The summed E-state index contributed by atoms with van der Waals surface area (Å²) in [7, 11) is 0. The molecule has 0 saturated carbocycles. The molecule has 84 valence electrons. The summed E-state index contributed by atoms with van der Waals surface area (Å²) >= 11 is 1.54. The molecule has 1 aliphatic heterocycles. The van der Waals surface area contributed by atoms with Gasteiger partial charge in [-0.15, -0.1) is 11.3 Å². The van der Waals surface area contributed by atoms with E-state index in [2.05, 4.69) is 0 Å². The third-order valence-electron chi connectivity index (χ3n) is 2.33. The van der Waals surface area contributed by atoms with Gasteiger partial charge < -0.3 is 9.15 Å². The first-order valence-corrected chi connectivity index (χ1v) is 5.94. The molecule has 0 aromatic carbocycles. The van der Waals surface area contributed by atoms with Crippen molar-refractivity contribution >= 4 is 29.1 Å². The summed E-state index contributed by atoms with van der Waals surface area (Å²) in [6.45, 7) is 0. The number of rotatable bonds is 2. The summed E-state index contributed by atoms with van der Waals surface area (Å²) in [6.07, 6.45) is 4.97. The number of ether oxygens (including phenoxy) is 1. The monoisotopic (exact) mass is 244 g/mol. The van der Waals surface area contributed by atoms with Crippen LogP contribution in [0.4, 0.5) is 0 Å². The Morgan fingerprint density at radius 1 is 1.24 bits per heavy atom. The van der Waals surface area contributed by atoms with E-state index in [1.54, 1.807) is 30.5 Å². The maximum absolute atomic E-state index is 11.6. The minimum Gasteiger partial charge on any atom is -0.465 e. The van der Waals surface area contributed by atoms with E-state index in [1.807, 2.05) is 17.5 Å². The smallest absolute Gasteiger partial charge is 0.343 e. The van der Waals surface area contributed by atoms with Crippen LogP contribution in [-0.4, -0.2) is 5.97 Å². The summed E-state index contributed by atoms with van der Waals surface area (Å²) in [4.78, 5) is 12.6. The average Bonchev–Trinajstić information content (AvgIpc) is 3.02.